The van der Waals surface area contributed by atoms with Crippen LogP contribution in [0.25, 0.3) is 0 Å². The summed E-state index contributed by atoms with van der Waals surface area (Å²) in [5.41, 5.74) is 5.47. The normalized spacial score (nSPS) is 16.2. The van der Waals surface area contributed by atoms with E-state index in [0.29, 0.717) is 11.6 Å². The average Bonchev–Trinajstić information content (AvgIpc) is 2.68. The average molecular weight is 362 g/mol. The van der Waals surface area contributed by atoms with Crippen molar-refractivity contribution in [2.45, 2.75) is 19.4 Å². The number of carbonyl (C=O) groups is 1. The fourth-order valence-corrected chi connectivity index (χ4v) is 3.78. The molecule has 0 radical (unpaired) electrons. The van der Waals surface area contributed by atoms with Gasteiger partial charge in [-0.25, -0.2) is 0 Å². The number of hydrogen-bond donors (Lipinski definition) is 0. The first-order valence-electron chi connectivity index (χ1n) is 8.84. The van der Waals surface area contributed by atoms with E-state index in [2.05, 4.69) is 18.2 Å². The molecular formula is C23H20ClNO. The molecule has 3 heteroatoms. The third-order valence-electron chi connectivity index (χ3n) is 5.03. The predicted octanol–water partition coefficient (Wildman–Crippen LogP) is 5.44. The van der Waals surface area contributed by atoms with E-state index in [1.165, 1.54) is 11.1 Å². The fourth-order valence-electron chi connectivity index (χ4n) is 3.65. The summed E-state index contributed by atoms with van der Waals surface area (Å²) >= 11 is 6.08. The molecule has 0 bridgehead atoms. The molecule has 4 rings (SSSR count). The molecule has 3 aromatic carbocycles. The van der Waals surface area contributed by atoms with E-state index in [0.717, 1.165) is 23.1 Å². The van der Waals surface area contributed by atoms with Crippen LogP contribution in [0.2, 0.25) is 5.02 Å². The largest absolute Gasteiger partial charge is 0.327 e. The number of fused-ring (bicyclic) bond motifs is 1. The molecule has 26 heavy (non-hydrogen) atoms. The van der Waals surface area contributed by atoms with Gasteiger partial charge in [0.15, 0.2) is 0 Å². The smallest absolute Gasteiger partial charge is 0.254 e. The van der Waals surface area contributed by atoms with Crippen LogP contribution < -0.4 is 0 Å². The van der Waals surface area contributed by atoms with Gasteiger partial charge in [-0.15, -0.1) is 0 Å². The summed E-state index contributed by atoms with van der Waals surface area (Å²) in [5.74, 6) is 0.0689. The standard InChI is InChI=1S/C23H20ClNO/c1-16-6-8-19(9-7-16)23(26)25-15-14-17-4-2-3-5-21(17)22(25)18-10-12-20(24)13-11-18/h2-13,22H,14-15H2,1H3. The zero-order valence-electron chi connectivity index (χ0n) is 14.7. The quantitative estimate of drug-likeness (QED) is 0.595. The van der Waals surface area contributed by atoms with Gasteiger partial charge < -0.3 is 4.90 Å². The van der Waals surface area contributed by atoms with Gasteiger partial charge in [-0.05, 0) is 54.3 Å². The molecule has 1 heterocycles. The van der Waals surface area contributed by atoms with Crippen LogP contribution in [0.5, 0.6) is 0 Å². The maximum Gasteiger partial charge on any atom is 0.254 e. The van der Waals surface area contributed by atoms with Gasteiger partial charge in [0.25, 0.3) is 5.91 Å². The highest BCUT2D eigenvalue weighted by Gasteiger charge is 2.32. The summed E-state index contributed by atoms with van der Waals surface area (Å²) in [6, 6.07) is 23.9. The zero-order valence-corrected chi connectivity index (χ0v) is 15.4. The van der Waals surface area contributed by atoms with Gasteiger partial charge in [-0.1, -0.05) is 65.7 Å². The van der Waals surface area contributed by atoms with E-state index in [-0.39, 0.29) is 11.9 Å². The van der Waals surface area contributed by atoms with Crippen LogP contribution in [-0.2, 0) is 6.42 Å². The van der Waals surface area contributed by atoms with E-state index in [9.17, 15) is 4.79 Å². The summed E-state index contributed by atoms with van der Waals surface area (Å²) in [5, 5.41) is 0.703. The van der Waals surface area contributed by atoms with Gasteiger partial charge in [0, 0.05) is 17.1 Å². The highest BCUT2D eigenvalue weighted by Crippen LogP contribution is 2.36. The minimum Gasteiger partial charge on any atom is -0.327 e. The molecule has 2 nitrogen and oxygen atoms in total. The molecule has 1 unspecified atom stereocenters. The number of amides is 1. The molecule has 1 aliphatic heterocycles. The molecule has 0 saturated carbocycles. The van der Waals surface area contributed by atoms with Gasteiger partial charge in [0.1, 0.15) is 0 Å². The Bertz CT molecular complexity index is 931. The van der Waals surface area contributed by atoms with Crippen LogP contribution in [0.15, 0.2) is 72.8 Å². The molecule has 0 fully saturated rings. The fraction of sp³-hybridized carbons (Fsp3) is 0.174. The third kappa shape index (κ3) is 3.13. The van der Waals surface area contributed by atoms with Crippen LogP contribution in [0.1, 0.15) is 38.7 Å². The molecule has 3 aromatic rings. The van der Waals surface area contributed by atoms with Crippen molar-refractivity contribution in [3.05, 3.63) is 106 Å². The lowest BCUT2D eigenvalue weighted by Crippen LogP contribution is -2.40. The van der Waals surface area contributed by atoms with Crippen LogP contribution in [0.3, 0.4) is 0 Å². The molecule has 0 aromatic heterocycles. The van der Waals surface area contributed by atoms with Crippen LogP contribution in [0.4, 0.5) is 0 Å². The molecule has 0 aliphatic carbocycles. The van der Waals surface area contributed by atoms with Crippen LogP contribution >= 0.6 is 11.6 Å². The van der Waals surface area contributed by atoms with Crippen LogP contribution in [0, 0.1) is 6.92 Å². The second-order valence-corrected chi connectivity index (χ2v) is 7.20. The van der Waals surface area contributed by atoms with E-state index >= 15 is 0 Å². The first-order chi connectivity index (χ1) is 12.6. The van der Waals surface area contributed by atoms with Crippen molar-refractivity contribution in [3.63, 3.8) is 0 Å². The number of carbonyl (C=O) groups excluding carboxylic acids is 1. The van der Waals surface area contributed by atoms with E-state index in [4.69, 9.17) is 11.6 Å². The van der Waals surface area contributed by atoms with Crippen molar-refractivity contribution in [2.24, 2.45) is 0 Å². The number of aryl methyl sites for hydroxylation is 1. The van der Waals surface area contributed by atoms with Crippen molar-refractivity contribution in [1.82, 2.24) is 4.90 Å². The number of benzene rings is 3. The number of nitrogens with zero attached hydrogens (tertiary/aromatic N) is 1. The predicted molar refractivity (Wildman–Crippen MR) is 106 cm³/mol. The monoisotopic (exact) mass is 361 g/mol. The van der Waals surface area contributed by atoms with Crippen molar-refractivity contribution in [3.8, 4) is 0 Å². The first kappa shape index (κ1) is 16.9. The maximum absolute atomic E-state index is 13.3. The lowest BCUT2D eigenvalue weighted by Gasteiger charge is -2.38. The molecular weight excluding hydrogens is 342 g/mol. The van der Waals surface area contributed by atoms with Gasteiger partial charge >= 0.3 is 0 Å². The first-order valence-corrected chi connectivity index (χ1v) is 9.22. The van der Waals surface area contributed by atoms with Crippen molar-refractivity contribution >= 4 is 17.5 Å². The van der Waals surface area contributed by atoms with Crippen molar-refractivity contribution in [2.75, 3.05) is 6.54 Å². The van der Waals surface area contributed by atoms with Gasteiger partial charge in [-0.3, -0.25) is 4.79 Å². The minimum atomic E-state index is -0.0916. The topological polar surface area (TPSA) is 20.3 Å². The highest BCUT2D eigenvalue weighted by molar-refractivity contribution is 6.30. The Balaban J connectivity index is 1.78. The number of rotatable bonds is 2. The lowest BCUT2D eigenvalue weighted by atomic mass is 9.87. The van der Waals surface area contributed by atoms with Crippen molar-refractivity contribution in [1.29, 1.82) is 0 Å². The Morgan fingerprint density at radius 3 is 2.38 bits per heavy atom. The molecule has 0 N–H and O–H groups in total. The Morgan fingerprint density at radius 2 is 1.65 bits per heavy atom. The second kappa shape index (κ2) is 6.97. The summed E-state index contributed by atoms with van der Waals surface area (Å²) < 4.78 is 0. The molecule has 1 amide bonds. The van der Waals surface area contributed by atoms with Crippen LogP contribution in [-0.4, -0.2) is 17.4 Å². The molecule has 1 atom stereocenters. The number of hydrogen-bond acceptors (Lipinski definition) is 1. The molecule has 0 saturated heterocycles. The van der Waals surface area contributed by atoms with Gasteiger partial charge in [0.05, 0.1) is 6.04 Å². The Hall–Kier alpha value is -2.58. The maximum atomic E-state index is 13.3. The SMILES string of the molecule is Cc1ccc(C(=O)N2CCc3ccccc3C2c2ccc(Cl)cc2)cc1. The lowest BCUT2D eigenvalue weighted by molar-refractivity contribution is 0.0694. The minimum absolute atomic E-state index is 0.0689. The van der Waals surface area contributed by atoms with E-state index in [1.54, 1.807) is 0 Å². The van der Waals surface area contributed by atoms with E-state index < -0.39 is 0 Å². The van der Waals surface area contributed by atoms with Gasteiger partial charge in [0.2, 0.25) is 0 Å². The summed E-state index contributed by atoms with van der Waals surface area (Å²) in [4.78, 5) is 15.3. The Kier molecular flexibility index (Phi) is 4.52. The third-order valence-corrected chi connectivity index (χ3v) is 5.28. The summed E-state index contributed by atoms with van der Waals surface area (Å²) in [7, 11) is 0. The molecule has 130 valence electrons. The Labute approximate surface area is 159 Å². The van der Waals surface area contributed by atoms with Gasteiger partial charge in [-0.2, -0.15) is 0 Å². The van der Waals surface area contributed by atoms with Crippen molar-refractivity contribution < 1.29 is 4.79 Å². The zero-order chi connectivity index (χ0) is 18.1. The molecule has 0 spiro atoms. The number of halogens is 1. The molecule has 1 aliphatic rings. The Morgan fingerprint density at radius 1 is 0.962 bits per heavy atom. The highest BCUT2D eigenvalue weighted by atomic mass is 35.5. The summed E-state index contributed by atoms with van der Waals surface area (Å²) in [6.45, 7) is 2.74. The summed E-state index contributed by atoms with van der Waals surface area (Å²) in [6.07, 6.45) is 0.873. The van der Waals surface area contributed by atoms with E-state index in [1.807, 2.05) is 66.4 Å². The second-order valence-electron chi connectivity index (χ2n) is 6.77.